The topological polar surface area (TPSA) is 84.2 Å². The molecule has 0 aliphatic heterocycles. The van der Waals surface area contributed by atoms with E-state index < -0.39 is 10.0 Å². The summed E-state index contributed by atoms with van der Waals surface area (Å²) in [4.78, 5) is 3.80. The van der Waals surface area contributed by atoms with E-state index in [1.165, 1.54) is 12.1 Å². The Morgan fingerprint density at radius 3 is 2.79 bits per heavy atom. The fraction of sp³-hybridized carbons (Fsp3) is 0.250. The molecular weight excluding hydrogens is 266 g/mol. The van der Waals surface area contributed by atoms with Gasteiger partial charge in [-0.1, -0.05) is 12.1 Å². The van der Waals surface area contributed by atoms with Gasteiger partial charge >= 0.3 is 0 Å². The Morgan fingerprint density at radius 2 is 2.11 bits per heavy atom. The van der Waals surface area contributed by atoms with Crippen molar-refractivity contribution in [2.24, 2.45) is 0 Å². The number of phenols is 1. The summed E-state index contributed by atoms with van der Waals surface area (Å²) >= 11 is 0. The Bertz CT molecular complexity index is 623. The van der Waals surface area contributed by atoms with Crippen molar-refractivity contribution in [1.82, 2.24) is 14.3 Å². The van der Waals surface area contributed by atoms with Crippen molar-refractivity contribution in [3.8, 4) is 5.75 Å². The van der Waals surface area contributed by atoms with Crippen molar-refractivity contribution in [2.75, 3.05) is 6.54 Å². The third-order valence-electron chi connectivity index (χ3n) is 2.60. The van der Waals surface area contributed by atoms with E-state index in [-0.39, 0.29) is 10.6 Å². The fourth-order valence-electron chi connectivity index (χ4n) is 1.65. The van der Waals surface area contributed by atoms with Crippen LogP contribution < -0.4 is 4.72 Å². The molecule has 1 aromatic heterocycles. The number of rotatable bonds is 6. The molecule has 7 heteroatoms. The van der Waals surface area contributed by atoms with Gasteiger partial charge in [0.15, 0.2) is 0 Å². The van der Waals surface area contributed by atoms with Crippen molar-refractivity contribution in [3.63, 3.8) is 0 Å². The molecule has 1 heterocycles. The largest absolute Gasteiger partial charge is 0.507 e. The van der Waals surface area contributed by atoms with Crippen molar-refractivity contribution in [2.45, 2.75) is 17.9 Å². The lowest BCUT2D eigenvalue weighted by Crippen LogP contribution is -2.25. The van der Waals surface area contributed by atoms with E-state index >= 15 is 0 Å². The summed E-state index contributed by atoms with van der Waals surface area (Å²) in [6, 6.07) is 5.86. The molecule has 0 saturated heterocycles. The number of para-hydroxylation sites is 1. The summed E-state index contributed by atoms with van der Waals surface area (Å²) in [5, 5.41) is 9.52. The van der Waals surface area contributed by atoms with Gasteiger partial charge in [0.25, 0.3) is 0 Å². The number of aryl methyl sites for hydroxylation is 1. The summed E-state index contributed by atoms with van der Waals surface area (Å²) in [7, 11) is -3.66. The molecule has 1 aromatic carbocycles. The van der Waals surface area contributed by atoms with Crippen LogP contribution in [-0.4, -0.2) is 29.6 Å². The normalized spacial score (nSPS) is 11.6. The second-order valence-corrected chi connectivity index (χ2v) is 5.75. The van der Waals surface area contributed by atoms with Crippen LogP contribution >= 0.6 is 0 Å². The summed E-state index contributed by atoms with van der Waals surface area (Å²) in [5.41, 5.74) is 0. The first-order valence-electron chi connectivity index (χ1n) is 5.83. The Hall–Kier alpha value is -1.86. The maximum atomic E-state index is 11.9. The molecule has 6 nitrogen and oxygen atoms in total. The van der Waals surface area contributed by atoms with Crippen LogP contribution in [0.25, 0.3) is 0 Å². The van der Waals surface area contributed by atoms with Gasteiger partial charge in [0.2, 0.25) is 10.0 Å². The summed E-state index contributed by atoms with van der Waals surface area (Å²) in [5.74, 6) is -0.246. The zero-order valence-corrected chi connectivity index (χ0v) is 11.0. The predicted molar refractivity (Wildman–Crippen MR) is 70.1 cm³/mol. The van der Waals surface area contributed by atoms with Crippen LogP contribution in [0.4, 0.5) is 0 Å². The molecule has 0 atom stereocenters. The molecule has 0 aliphatic rings. The molecule has 0 fully saturated rings. The second-order valence-electron chi connectivity index (χ2n) is 4.02. The van der Waals surface area contributed by atoms with E-state index in [2.05, 4.69) is 9.71 Å². The zero-order valence-electron chi connectivity index (χ0n) is 10.2. The van der Waals surface area contributed by atoms with Crippen LogP contribution in [0.5, 0.6) is 5.75 Å². The van der Waals surface area contributed by atoms with Gasteiger partial charge in [0.1, 0.15) is 10.6 Å². The summed E-state index contributed by atoms with van der Waals surface area (Å²) < 4.78 is 28.2. The van der Waals surface area contributed by atoms with Gasteiger partial charge in [-0.2, -0.15) is 0 Å². The number of aromatic hydroxyl groups is 1. The van der Waals surface area contributed by atoms with Crippen molar-refractivity contribution in [1.29, 1.82) is 0 Å². The van der Waals surface area contributed by atoms with Gasteiger partial charge in [-0.05, 0) is 18.6 Å². The number of imidazole rings is 1. The van der Waals surface area contributed by atoms with E-state index in [9.17, 15) is 13.5 Å². The fourth-order valence-corrected chi connectivity index (χ4v) is 2.82. The van der Waals surface area contributed by atoms with Crippen molar-refractivity contribution >= 4 is 10.0 Å². The maximum absolute atomic E-state index is 11.9. The van der Waals surface area contributed by atoms with Gasteiger partial charge in [-0.15, -0.1) is 0 Å². The van der Waals surface area contributed by atoms with Crippen LogP contribution in [-0.2, 0) is 16.6 Å². The smallest absolute Gasteiger partial charge is 0.244 e. The molecule has 2 N–H and O–H groups in total. The van der Waals surface area contributed by atoms with E-state index in [1.807, 2.05) is 10.8 Å². The number of benzene rings is 1. The Morgan fingerprint density at radius 1 is 1.32 bits per heavy atom. The molecule has 102 valence electrons. The van der Waals surface area contributed by atoms with Crippen LogP contribution in [0, 0.1) is 0 Å². The molecular formula is C12H15N3O3S. The molecule has 2 rings (SSSR count). The van der Waals surface area contributed by atoms with Gasteiger partial charge in [-0.25, -0.2) is 18.1 Å². The highest BCUT2D eigenvalue weighted by Gasteiger charge is 2.16. The third kappa shape index (κ3) is 3.55. The standard InChI is InChI=1S/C12H15N3O3S/c16-11-4-1-2-5-12(11)19(17,18)14-6-3-8-15-9-7-13-10-15/h1-2,4-5,7,9-10,14,16H,3,6,8H2. The monoisotopic (exact) mass is 281 g/mol. The van der Waals surface area contributed by atoms with E-state index in [4.69, 9.17) is 0 Å². The number of nitrogens with zero attached hydrogens (tertiary/aromatic N) is 2. The molecule has 19 heavy (non-hydrogen) atoms. The maximum Gasteiger partial charge on any atom is 0.244 e. The predicted octanol–water partition coefficient (Wildman–Crippen LogP) is 0.957. The average Bonchev–Trinajstić information content (AvgIpc) is 2.88. The van der Waals surface area contributed by atoms with Gasteiger partial charge in [0.05, 0.1) is 6.33 Å². The molecule has 2 aromatic rings. The Labute approximate surface area is 111 Å². The minimum atomic E-state index is -3.66. The number of sulfonamides is 1. The number of nitrogens with one attached hydrogen (secondary N) is 1. The highest BCUT2D eigenvalue weighted by atomic mass is 32.2. The first-order chi connectivity index (χ1) is 9.09. The molecule has 0 aliphatic carbocycles. The van der Waals surface area contributed by atoms with E-state index in [0.717, 1.165) is 0 Å². The van der Waals surface area contributed by atoms with Crippen LogP contribution in [0.15, 0.2) is 47.9 Å². The summed E-state index contributed by atoms with van der Waals surface area (Å²) in [6.07, 6.45) is 5.81. The number of aromatic nitrogens is 2. The highest BCUT2D eigenvalue weighted by molar-refractivity contribution is 7.89. The van der Waals surface area contributed by atoms with Crippen molar-refractivity contribution in [3.05, 3.63) is 43.0 Å². The van der Waals surface area contributed by atoms with E-state index in [0.29, 0.717) is 19.5 Å². The molecule has 0 radical (unpaired) electrons. The molecule has 0 unspecified atom stereocenters. The number of hydrogen-bond donors (Lipinski definition) is 2. The lowest BCUT2D eigenvalue weighted by Gasteiger charge is -2.08. The highest BCUT2D eigenvalue weighted by Crippen LogP contribution is 2.20. The summed E-state index contributed by atoms with van der Waals surface area (Å²) in [6.45, 7) is 0.984. The number of hydrogen-bond acceptors (Lipinski definition) is 4. The third-order valence-corrected chi connectivity index (χ3v) is 4.11. The van der Waals surface area contributed by atoms with Crippen LogP contribution in [0.3, 0.4) is 0 Å². The first-order valence-corrected chi connectivity index (χ1v) is 7.31. The quantitative estimate of drug-likeness (QED) is 0.772. The van der Waals surface area contributed by atoms with Gasteiger partial charge in [-0.3, -0.25) is 0 Å². The van der Waals surface area contributed by atoms with E-state index in [1.54, 1.807) is 24.7 Å². The average molecular weight is 281 g/mol. The molecule has 0 saturated carbocycles. The van der Waals surface area contributed by atoms with Crippen LogP contribution in [0.2, 0.25) is 0 Å². The molecule has 0 amide bonds. The Kier molecular flexibility index (Phi) is 4.18. The lowest BCUT2D eigenvalue weighted by atomic mass is 10.3. The minimum Gasteiger partial charge on any atom is -0.507 e. The minimum absolute atomic E-state index is 0.0994. The molecule has 0 bridgehead atoms. The van der Waals surface area contributed by atoms with Gasteiger partial charge in [0, 0.05) is 25.5 Å². The van der Waals surface area contributed by atoms with Crippen LogP contribution in [0.1, 0.15) is 6.42 Å². The second kappa shape index (κ2) is 5.85. The zero-order chi connectivity index (χ0) is 13.7. The van der Waals surface area contributed by atoms with Crippen molar-refractivity contribution < 1.29 is 13.5 Å². The number of phenolic OH excluding ortho intramolecular Hbond substituents is 1. The molecule has 0 spiro atoms. The lowest BCUT2D eigenvalue weighted by molar-refractivity contribution is 0.457. The van der Waals surface area contributed by atoms with Gasteiger partial charge < -0.3 is 9.67 Å². The first kappa shape index (κ1) is 13.6. The Balaban J connectivity index is 1.90. The SMILES string of the molecule is O=S(=O)(NCCCn1ccnc1)c1ccccc1O.